The molecule has 51 heavy (non-hydrogen) atoms. The average Bonchev–Trinajstić information content (AvgIpc) is 3.47. The van der Waals surface area contributed by atoms with Crippen LogP contribution in [0.3, 0.4) is 0 Å². The van der Waals surface area contributed by atoms with Crippen molar-refractivity contribution in [3.63, 3.8) is 0 Å². The minimum atomic E-state index is -0.472. The first kappa shape index (κ1) is 42.5. The fourth-order valence-electron chi connectivity index (χ4n) is 7.66. The molecule has 0 aliphatic heterocycles. The van der Waals surface area contributed by atoms with Crippen LogP contribution >= 0.6 is 0 Å². The summed E-state index contributed by atoms with van der Waals surface area (Å²) in [5.41, 5.74) is 17.9. The van der Waals surface area contributed by atoms with Gasteiger partial charge in [-0.3, -0.25) is 0 Å². The van der Waals surface area contributed by atoms with Crippen LogP contribution in [0.15, 0.2) is 140 Å². The normalized spacial score (nSPS) is 13.7. The van der Waals surface area contributed by atoms with Crippen LogP contribution in [0.5, 0.6) is 0 Å². The van der Waals surface area contributed by atoms with Gasteiger partial charge in [-0.25, -0.2) is 0 Å². The van der Waals surface area contributed by atoms with E-state index in [-0.39, 0.29) is 48.0 Å². The first-order valence-electron chi connectivity index (χ1n) is 16.6. The van der Waals surface area contributed by atoms with Gasteiger partial charge in [0.15, 0.2) is 0 Å². The molecule has 1 spiro atoms. The van der Waals surface area contributed by atoms with Crippen LogP contribution in [0.1, 0.15) is 125 Å². The Labute approximate surface area is 312 Å². The Morgan fingerprint density at radius 2 is 0.980 bits per heavy atom. The maximum atomic E-state index is 4.31. The Bertz CT molecular complexity index is 1990. The molecule has 0 nitrogen and oxygen atoms in total. The van der Waals surface area contributed by atoms with Gasteiger partial charge < -0.3 is 0 Å². The zero-order valence-electron chi connectivity index (χ0n) is 28.3. The Kier molecular flexibility index (Phi) is 12.7. The monoisotopic (exact) mass is 677 g/mol. The first-order chi connectivity index (χ1) is 21.9. The Hall–Kier alpha value is -4.68. The van der Waals surface area contributed by atoms with E-state index in [1.165, 1.54) is 72.3 Å². The van der Waals surface area contributed by atoms with E-state index < -0.39 is 5.41 Å². The highest BCUT2D eigenvalue weighted by Gasteiger charge is 2.52. The van der Waals surface area contributed by atoms with Crippen LogP contribution in [0, 0.1) is 0 Å². The lowest BCUT2D eigenvalue weighted by Gasteiger charge is -2.34. The van der Waals surface area contributed by atoms with Crippen LogP contribution in [-0.2, 0) is 16.2 Å². The molecule has 2 aliphatic carbocycles. The summed E-state index contributed by atoms with van der Waals surface area (Å²) >= 11 is 0. The highest BCUT2D eigenvalue weighted by atomic mass is 14.5. The smallest absolute Gasteiger partial charge is 0.0722 e. The van der Waals surface area contributed by atoms with E-state index in [4.69, 9.17) is 0 Å². The average molecular weight is 677 g/mol. The molecule has 0 saturated heterocycles. The summed E-state index contributed by atoms with van der Waals surface area (Å²) in [6.07, 6.45) is 4.46. The summed E-state index contributed by atoms with van der Waals surface area (Å²) in [6, 6.07) is 43.2. The highest BCUT2D eigenvalue weighted by molar-refractivity contribution is 5.98. The van der Waals surface area contributed by atoms with Gasteiger partial charge >= 0.3 is 0 Å². The van der Waals surface area contributed by atoms with Crippen molar-refractivity contribution in [2.45, 2.75) is 102 Å². The van der Waals surface area contributed by atoms with Crippen molar-refractivity contribution in [1.29, 1.82) is 0 Å². The second kappa shape index (κ2) is 15.3. The molecule has 7 rings (SSSR count). The van der Waals surface area contributed by atoms with Crippen molar-refractivity contribution in [3.8, 4) is 22.3 Å². The van der Waals surface area contributed by atoms with Gasteiger partial charge in [0.25, 0.3) is 0 Å². The van der Waals surface area contributed by atoms with E-state index in [0.29, 0.717) is 0 Å². The van der Waals surface area contributed by atoms with Gasteiger partial charge in [0.05, 0.1) is 5.41 Å². The van der Waals surface area contributed by atoms with Crippen LogP contribution in [0.25, 0.3) is 33.4 Å². The van der Waals surface area contributed by atoms with Crippen LogP contribution in [-0.4, -0.2) is 0 Å². The zero-order valence-corrected chi connectivity index (χ0v) is 28.3. The molecule has 0 fully saturated rings. The van der Waals surface area contributed by atoms with Gasteiger partial charge in [0.1, 0.15) is 0 Å². The van der Waals surface area contributed by atoms with Gasteiger partial charge in [0.2, 0.25) is 0 Å². The maximum absolute atomic E-state index is 4.31. The fourth-order valence-corrected chi connectivity index (χ4v) is 7.66. The van der Waals surface area contributed by atoms with E-state index in [2.05, 4.69) is 176 Å². The number of benzene rings is 5. The molecule has 0 heterocycles. The summed E-state index contributed by atoms with van der Waals surface area (Å²) in [4.78, 5) is 0. The minimum absolute atomic E-state index is 0. The standard InChI is InChI=1S/C46H44.5CH4/c1-9-31(32-16-12-10-13-17-32)26-40-30(2)37-23-20-34(33-18-14-11-15-19-33)27-41(37)46(40)42-28-35(44(3,4)5)21-24-38(42)39-25-22-36(29-43(39)46)45(6,7)8;;;;;/h9-29H,1H2,2-8H3;5*1H4/b31-26+;;;;;. The summed E-state index contributed by atoms with van der Waals surface area (Å²) < 4.78 is 0. The molecule has 268 valence electrons. The lowest BCUT2D eigenvalue weighted by Crippen LogP contribution is -2.28. The maximum Gasteiger partial charge on any atom is 0.0722 e. The molecule has 0 N–H and O–H groups in total. The molecule has 5 aromatic carbocycles. The number of allylic oxidation sites excluding steroid dienone is 5. The summed E-state index contributed by atoms with van der Waals surface area (Å²) in [5, 5.41) is 0. The number of hydrogen-bond donors (Lipinski definition) is 0. The van der Waals surface area contributed by atoms with Crippen molar-refractivity contribution in [1.82, 2.24) is 0 Å². The SMILES string of the molecule is C.C.C.C.C.C=C/C(=C\C1=C(C)c2ccc(-c3ccccc3)cc2C12c1cc(C(C)(C)C)ccc1-c1ccc(C(C)(C)C)cc12)c1ccccc1. The van der Waals surface area contributed by atoms with Gasteiger partial charge in [-0.1, -0.05) is 201 Å². The fraction of sp³-hybridized carbons (Fsp3) is 0.294. The molecule has 2 aliphatic rings. The lowest BCUT2D eigenvalue weighted by atomic mass is 9.67. The Morgan fingerprint density at radius 1 is 0.529 bits per heavy atom. The molecule has 0 saturated carbocycles. The third kappa shape index (κ3) is 6.74. The van der Waals surface area contributed by atoms with Crippen LogP contribution in [0.4, 0.5) is 0 Å². The molecule has 5 aromatic rings. The molecule has 0 atom stereocenters. The van der Waals surface area contributed by atoms with E-state index in [1.807, 2.05) is 6.08 Å². The van der Waals surface area contributed by atoms with Gasteiger partial charge in [-0.05, 0) is 108 Å². The topological polar surface area (TPSA) is 0 Å². The van der Waals surface area contributed by atoms with Crippen LogP contribution < -0.4 is 0 Å². The van der Waals surface area contributed by atoms with Gasteiger partial charge in [0, 0.05) is 0 Å². The second-order valence-electron chi connectivity index (χ2n) is 15.1. The van der Waals surface area contributed by atoms with Crippen molar-refractivity contribution in [2.75, 3.05) is 0 Å². The summed E-state index contributed by atoms with van der Waals surface area (Å²) in [6.45, 7) is 20.6. The summed E-state index contributed by atoms with van der Waals surface area (Å²) in [7, 11) is 0. The van der Waals surface area contributed by atoms with Gasteiger partial charge in [-0.15, -0.1) is 0 Å². The largest absolute Gasteiger partial charge is 0.0984 e. The number of hydrogen-bond acceptors (Lipinski definition) is 0. The Balaban J connectivity index is 0.00000180. The molecule has 0 radical (unpaired) electrons. The summed E-state index contributed by atoms with van der Waals surface area (Å²) in [5.74, 6) is 0. The van der Waals surface area contributed by atoms with Crippen molar-refractivity contribution in [2.24, 2.45) is 0 Å². The third-order valence-corrected chi connectivity index (χ3v) is 10.2. The van der Waals surface area contributed by atoms with E-state index in [9.17, 15) is 0 Å². The second-order valence-corrected chi connectivity index (χ2v) is 15.1. The zero-order chi connectivity index (χ0) is 32.4. The van der Waals surface area contributed by atoms with E-state index in [1.54, 1.807) is 0 Å². The predicted octanol–water partition coefficient (Wildman–Crippen LogP) is 15.5. The number of fused-ring (bicyclic) bond motifs is 7. The van der Waals surface area contributed by atoms with Gasteiger partial charge in [-0.2, -0.15) is 0 Å². The predicted molar refractivity (Wildman–Crippen MR) is 232 cm³/mol. The van der Waals surface area contributed by atoms with Crippen molar-refractivity contribution < 1.29 is 0 Å². The highest BCUT2D eigenvalue weighted by Crippen LogP contribution is 2.63. The van der Waals surface area contributed by atoms with Crippen molar-refractivity contribution in [3.05, 3.63) is 179 Å². The molecule has 0 unspecified atom stereocenters. The molecule has 0 amide bonds. The molecule has 0 aromatic heterocycles. The molecular weight excluding hydrogens is 613 g/mol. The quantitative estimate of drug-likeness (QED) is 0.166. The van der Waals surface area contributed by atoms with Crippen LogP contribution in [0.2, 0.25) is 0 Å². The van der Waals surface area contributed by atoms with E-state index >= 15 is 0 Å². The lowest BCUT2D eigenvalue weighted by molar-refractivity contribution is 0.586. The third-order valence-electron chi connectivity index (χ3n) is 10.2. The minimum Gasteiger partial charge on any atom is -0.0984 e. The Morgan fingerprint density at radius 3 is 1.45 bits per heavy atom. The first-order valence-corrected chi connectivity index (χ1v) is 16.6. The molecule has 0 bridgehead atoms. The number of rotatable bonds is 4. The van der Waals surface area contributed by atoms with Crippen molar-refractivity contribution >= 4 is 11.1 Å². The molecular formula is C51H64. The van der Waals surface area contributed by atoms with E-state index in [0.717, 1.165) is 5.57 Å². The molecule has 0 heteroatoms.